The summed E-state index contributed by atoms with van der Waals surface area (Å²) in [6, 6.07) is 2.20. The van der Waals surface area contributed by atoms with E-state index in [-0.39, 0.29) is 18.7 Å². The number of hydrogen-bond donors (Lipinski definition) is 1. The third-order valence-electron chi connectivity index (χ3n) is 2.59. The van der Waals surface area contributed by atoms with E-state index in [1.165, 1.54) is 4.90 Å². The van der Waals surface area contributed by atoms with Crippen molar-refractivity contribution >= 4 is 5.91 Å². The summed E-state index contributed by atoms with van der Waals surface area (Å²) in [4.78, 5) is 13.2. The number of halogens is 4. The van der Waals surface area contributed by atoms with Gasteiger partial charge in [0.1, 0.15) is 5.82 Å². The van der Waals surface area contributed by atoms with E-state index >= 15 is 0 Å². The van der Waals surface area contributed by atoms with Crippen LogP contribution in [0.3, 0.4) is 0 Å². The van der Waals surface area contributed by atoms with Crippen LogP contribution >= 0.6 is 0 Å². The average Bonchev–Trinajstić information content (AvgIpc) is 2.34. The van der Waals surface area contributed by atoms with E-state index in [2.05, 4.69) is 0 Å². The van der Waals surface area contributed by atoms with E-state index in [0.717, 1.165) is 6.07 Å². The first-order valence-corrected chi connectivity index (χ1v) is 5.67. The molecule has 0 aliphatic carbocycles. The third-order valence-corrected chi connectivity index (χ3v) is 2.59. The van der Waals surface area contributed by atoms with Gasteiger partial charge in [0.2, 0.25) is 0 Å². The summed E-state index contributed by atoms with van der Waals surface area (Å²) in [5.74, 6) is -2.00. The summed E-state index contributed by atoms with van der Waals surface area (Å²) in [5.41, 5.74) is 3.66. The van der Waals surface area contributed by atoms with Crippen molar-refractivity contribution in [3.8, 4) is 0 Å². The van der Waals surface area contributed by atoms with Gasteiger partial charge in [-0.15, -0.1) is 0 Å². The maximum Gasteiger partial charge on any atom is 0.419 e. The molecule has 1 aromatic carbocycles. The number of carbonyl (C=O) groups excluding carboxylic acids is 1. The highest BCUT2D eigenvalue weighted by Crippen LogP contribution is 2.32. The predicted octanol–water partition coefficient (Wildman–Crippen LogP) is 2.27. The van der Waals surface area contributed by atoms with Crippen LogP contribution in [0.4, 0.5) is 17.6 Å². The van der Waals surface area contributed by atoms with E-state index in [9.17, 15) is 22.4 Å². The quantitative estimate of drug-likeness (QED) is 0.859. The topological polar surface area (TPSA) is 46.3 Å². The van der Waals surface area contributed by atoms with E-state index in [4.69, 9.17) is 5.73 Å². The molecule has 0 saturated carbocycles. The highest BCUT2D eigenvalue weighted by atomic mass is 19.4. The molecule has 1 amide bonds. The number of rotatable bonds is 4. The Morgan fingerprint density at radius 1 is 1.37 bits per heavy atom. The van der Waals surface area contributed by atoms with Crippen molar-refractivity contribution in [2.75, 3.05) is 19.6 Å². The molecule has 2 N–H and O–H groups in total. The average molecular weight is 278 g/mol. The van der Waals surface area contributed by atoms with E-state index in [1.54, 1.807) is 6.92 Å². The van der Waals surface area contributed by atoms with Crippen LogP contribution in [0.15, 0.2) is 18.2 Å². The highest BCUT2D eigenvalue weighted by molar-refractivity contribution is 5.94. The van der Waals surface area contributed by atoms with Crippen LogP contribution in [0.25, 0.3) is 0 Å². The van der Waals surface area contributed by atoms with Gasteiger partial charge >= 0.3 is 6.18 Å². The zero-order valence-electron chi connectivity index (χ0n) is 10.3. The second-order valence-corrected chi connectivity index (χ2v) is 3.87. The van der Waals surface area contributed by atoms with Gasteiger partial charge in [0.05, 0.1) is 5.56 Å². The van der Waals surface area contributed by atoms with Crippen LogP contribution in [0.5, 0.6) is 0 Å². The van der Waals surface area contributed by atoms with E-state index in [1.807, 2.05) is 0 Å². The number of likely N-dealkylation sites (N-methyl/N-ethyl adjacent to an activating group) is 1. The second kappa shape index (κ2) is 6.01. The predicted molar refractivity (Wildman–Crippen MR) is 62.0 cm³/mol. The minimum Gasteiger partial charge on any atom is -0.338 e. The molecule has 0 aliphatic rings. The Hall–Kier alpha value is -1.63. The van der Waals surface area contributed by atoms with Crippen LogP contribution < -0.4 is 5.73 Å². The standard InChI is InChI=1S/C12H14F4N2O/c1-2-18(6-5-17)11(19)8-3-4-10(13)9(7-8)12(14,15)16/h3-4,7H,2,5-6,17H2,1H3. The lowest BCUT2D eigenvalue weighted by Gasteiger charge is -2.20. The van der Waals surface area contributed by atoms with Gasteiger partial charge in [0.25, 0.3) is 5.91 Å². The first-order valence-electron chi connectivity index (χ1n) is 5.67. The number of alkyl halides is 3. The number of hydrogen-bond acceptors (Lipinski definition) is 2. The maximum absolute atomic E-state index is 13.1. The molecule has 19 heavy (non-hydrogen) atoms. The van der Waals surface area contributed by atoms with Gasteiger partial charge in [-0.05, 0) is 25.1 Å². The summed E-state index contributed by atoms with van der Waals surface area (Å²) in [6.45, 7) is 2.43. The molecule has 1 aromatic rings. The Balaban J connectivity index is 3.12. The van der Waals surface area contributed by atoms with Gasteiger partial charge in [0, 0.05) is 25.2 Å². The van der Waals surface area contributed by atoms with Crippen molar-refractivity contribution in [1.29, 1.82) is 0 Å². The summed E-state index contributed by atoms with van der Waals surface area (Å²) < 4.78 is 50.7. The van der Waals surface area contributed by atoms with Crippen molar-refractivity contribution < 1.29 is 22.4 Å². The van der Waals surface area contributed by atoms with Gasteiger partial charge in [0.15, 0.2) is 0 Å². The fourth-order valence-electron chi connectivity index (χ4n) is 1.62. The van der Waals surface area contributed by atoms with Crippen LogP contribution in [-0.4, -0.2) is 30.4 Å². The number of benzene rings is 1. The molecule has 1 rings (SSSR count). The molecule has 0 spiro atoms. The van der Waals surface area contributed by atoms with E-state index in [0.29, 0.717) is 18.7 Å². The summed E-state index contributed by atoms with van der Waals surface area (Å²) in [5, 5.41) is 0. The highest BCUT2D eigenvalue weighted by Gasteiger charge is 2.34. The Morgan fingerprint density at radius 2 is 2.00 bits per heavy atom. The zero-order valence-corrected chi connectivity index (χ0v) is 10.3. The van der Waals surface area contributed by atoms with Gasteiger partial charge in [-0.3, -0.25) is 4.79 Å². The molecular formula is C12H14F4N2O. The molecule has 7 heteroatoms. The molecule has 0 heterocycles. The number of amides is 1. The summed E-state index contributed by atoms with van der Waals surface area (Å²) >= 11 is 0. The van der Waals surface area contributed by atoms with Gasteiger partial charge < -0.3 is 10.6 Å². The van der Waals surface area contributed by atoms with Gasteiger partial charge in [-0.2, -0.15) is 13.2 Å². The lowest BCUT2D eigenvalue weighted by molar-refractivity contribution is -0.140. The zero-order chi connectivity index (χ0) is 14.6. The fourth-order valence-corrected chi connectivity index (χ4v) is 1.62. The summed E-state index contributed by atoms with van der Waals surface area (Å²) in [6.07, 6.45) is -4.83. The van der Waals surface area contributed by atoms with Crippen molar-refractivity contribution in [2.24, 2.45) is 5.73 Å². The Kier molecular flexibility index (Phi) is 4.88. The Morgan fingerprint density at radius 3 is 2.47 bits per heavy atom. The summed E-state index contributed by atoms with van der Waals surface area (Å²) in [7, 11) is 0. The number of carbonyl (C=O) groups is 1. The lowest BCUT2D eigenvalue weighted by Crippen LogP contribution is -2.35. The molecule has 106 valence electrons. The van der Waals surface area contributed by atoms with Gasteiger partial charge in [-0.1, -0.05) is 0 Å². The van der Waals surface area contributed by atoms with Crippen LogP contribution in [0, 0.1) is 5.82 Å². The van der Waals surface area contributed by atoms with Crippen molar-refractivity contribution in [2.45, 2.75) is 13.1 Å². The SMILES string of the molecule is CCN(CCN)C(=O)c1ccc(F)c(C(F)(F)F)c1. The normalized spacial score (nSPS) is 11.5. The molecule has 0 saturated heterocycles. The lowest BCUT2D eigenvalue weighted by atomic mass is 10.1. The molecule has 0 radical (unpaired) electrons. The Bertz CT molecular complexity index is 460. The fraction of sp³-hybridized carbons (Fsp3) is 0.417. The largest absolute Gasteiger partial charge is 0.419 e. The van der Waals surface area contributed by atoms with Crippen LogP contribution in [-0.2, 0) is 6.18 Å². The molecule has 0 aromatic heterocycles. The second-order valence-electron chi connectivity index (χ2n) is 3.87. The van der Waals surface area contributed by atoms with Crippen molar-refractivity contribution in [3.63, 3.8) is 0 Å². The molecule has 0 aliphatic heterocycles. The smallest absolute Gasteiger partial charge is 0.338 e. The van der Waals surface area contributed by atoms with Crippen molar-refractivity contribution in [1.82, 2.24) is 4.90 Å². The number of nitrogens with two attached hydrogens (primary N) is 1. The molecule has 3 nitrogen and oxygen atoms in total. The van der Waals surface area contributed by atoms with Crippen LogP contribution in [0.1, 0.15) is 22.8 Å². The minimum absolute atomic E-state index is 0.201. The monoisotopic (exact) mass is 278 g/mol. The van der Waals surface area contributed by atoms with E-state index < -0.39 is 23.5 Å². The molecule has 0 unspecified atom stereocenters. The first kappa shape index (κ1) is 15.4. The molecular weight excluding hydrogens is 264 g/mol. The molecule has 0 atom stereocenters. The molecule has 0 bridgehead atoms. The first-order chi connectivity index (χ1) is 8.81. The van der Waals surface area contributed by atoms with Crippen LogP contribution in [0.2, 0.25) is 0 Å². The Labute approximate surface area is 108 Å². The molecule has 0 fully saturated rings. The maximum atomic E-state index is 13.1. The van der Waals surface area contributed by atoms with Crippen molar-refractivity contribution in [3.05, 3.63) is 35.1 Å². The minimum atomic E-state index is -4.83. The van der Waals surface area contributed by atoms with Gasteiger partial charge in [-0.25, -0.2) is 4.39 Å². The third kappa shape index (κ3) is 3.66. The number of nitrogens with zero attached hydrogens (tertiary/aromatic N) is 1.